The average molecular weight is 327 g/mol. The highest BCUT2D eigenvalue weighted by atomic mass is 35.5. The number of amides is 1. The normalized spacial score (nSPS) is 20.1. The summed E-state index contributed by atoms with van der Waals surface area (Å²) in [6.45, 7) is -0.307. The highest BCUT2D eigenvalue weighted by molar-refractivity contribution is 7.87. The Morgan fingerprint density at radius 1 is 1.37 bits per heavy atom. The van der Waals surface area contributed by atoms with Crippen molar-refractivity contribution in [1.82, 2.24) is 0 Å². The number of hydrogen-bond donors (Lipinski definition) is 1. The summed E-state index contributed by atoms with van der Waals surface area (Å²) in [7, 11) is -4.78. The van der Waals surface area contributed by atoms with Crippen LogP contribution in [0.1, 0.15) is 6.42 Å². The van der Waals surface area contributed by atoms with Crippen molar-refractivity contribution in [2.45, 2.75) is 11.7 Å². The van der Waals surface area contributed by atoms with Gasteiger partial charge >= 0.3 is 10.2 Å². The van der Waals surface area contributed by atoms with E-state index in [-0.39, 0.29) is 28.0 Å². The third kappa shape index (κ3) is 2.77. The maximum Gasteiger partial charge on any atom is 0.307 e. The van der Waals surface area contributed by atoms with Gasteiger partial charge in [-0.05, 0) is 12.1 Å². The van der Waals surface area contributed by atoms with Gasteiger partial charge in [0.15, 0.2) is 0 Å². The molecule has 9 heteroatoms. The number of anilines is 2. The predicted molar refractivity (Wildman–Crippen MR) is 71.7 cm³/mol. The lowest BCUT2D eigenvalue weighted by Crippen LogP contribution is -2.27. The number of benzene rings is 1. The fourth-order valence-electron chi connectivity index (χ4n) is 1.89. The third-order valence-corrected chi connectivity index (χ3v) is 4.49. The number of halogens is 3. The molecule has 1 aliphatic heterocycles. The summed E-state index contributed by atoms with van der Waals surface area (Å²) in [5, 5.41) is -1.01. The number of nitrogens with zero attached hydrogens (tertiary/aromatic N) is 1. The maximum atomic E-state index is 12.9. The molecule has 2 N–H and O–H groups in total. The second kappa shape index (κ2) is 4.81. The Kier molecular flexibility index (Phi) is 3.63. The summed E-state index contributed by atoms with van der Waals surface area (Å²) in [5.41, 5.74) is 6.00. The lowest BCUT2D eigenvalue weighted by molar-refractivity contribution is -0.117. The second-order valence-electron chi connectivity index (χ2n) is 4.13. The fraction of sp³-hybridized carbons (Fsp3) is 0.300. The molecule has 1 amide bonds. The van der Waals surface area contributed by atoms with Crippen molar-refractivity contribution in [3.8, 4) is 0 Å². The Balaban J connectivity index is 2.41. The molecule has 5 nitrogen and oxygen atoms in total. The van der Waals surface area contributed by atoms with Gasteiger partial charge in [-0.1, -0.05) is 23.2 Å². The summed E-state index contributed by atoms with van der Waals surface area (Å²) < 4.78 is 34.6. The van der Waals surface area contributed by atoms with Crippen LogP contribution in [-0.4, -0.2) is 26.1 Å². The van der Waals surface area contributed by atoms with Crippen LogP contribution in [0.5, 0.6) is 0 Å². The summed E-state index contributed by atoms with van der Waals surface area (Å²) in [4.78, 5) is 12.8. The Morgan fingerprint density at radius 2 is 2.00 bits per heavy atom. The Labute approximate surface area is 119 Å². The molecule has 104 valence electrons. The number of carbonyl (C=O) groups is 1. The zero-order valence-corrected chi connectivity index (χ0v) is 11.8. The van der Waals surface area contributed by atoms with Crippen molar-refractivity contribution >= 4 is 50.7 Å². The molecule has 1 fully saturated rings. The molecular formula is C10H9Cl2FN2O3S. The van der Waals surface area contributed by atoms with Crippen molar-refractivity contribution in [2.75, 3.05) is 17.2 Å². The fourth-order valence-corrected chi connectivity index (χ4v) is 3.04. The topological polar surface area (TPSA) is 80.5 Å². The quantitative estimate of drug-likeness (QED) is 0.665. The van der Waals surface area contributed by atoms with E-state index in [1.807, 2.05) is 0 Å². The maximum absolute atomic E-state index is 12.9. The minimum atomic E-state index is -4.78. The first kappa shape index (κ1) is 14.4. The molecule has 0 spiro atoms. The van der Waals surface area contributed by atoms with Crippen LogP contribution in [0.25, 0.3) is 0 Å². The number of carbonyl (C=O) groups excluding carboxylic acids is 1. The van der Waals surface area contributed by atoms with Gasteiger partial charge < -0.3 is 10.6 Å². The monoisotopic (exact) mass is 326 g/mol. The van der Waals surface area contributed by atoms with E-state index >= 15 is 0 Å². The van der Waals surface area contributed by atoms with Crippen molar-refractivity contribution in [3.63, 3.8) is 0 Å². The van der Waals surface area contributed by atoms with Crippen LogP contribution < -0.4 is 10.6 Å². The van der Waals surface area contributed by atoms with E-state index in [2.05, 4.69) is 0 Å². The van der Waals surface area contributed by atoms with Gasteiger partial charge in [-0.3, -0.25) is 4.79 Å². The molecule has 19 heavy (non-hydrogen) atoms. The van der Waals surface area contributed by atoms with E-state index in [0.717, 1.165) is 4.90 Å². The number of hydrogen-bond acceptors (Lipinski definition) is 4. The molecule has 1 unspecified atom stereocenters. The van der Waals surface area contributed by atoms with E-state index in [1.165, 1.54) is 12.1 Å². The molecule has 0 aromatic heterocycles. The van der Waals surface area contributed by atoms with E-state index < -0.39 is 27.8 Å². The Morgan fingerprint density at radius 3 is 2.53 bits per heavy atom. The average Bonchev–Trinajstić information content (AvgIpc) is 2.65. The van der Waals surface area contributed by atoms with Gasteiger partial charge in [0.25, 0.3) is 0 Å². The van der Waals surface area contributed by atoms with Crippen LogP contribution in [0.4, 0.5) is 15.3 Å². The van der Waals surface area contributed by atoms with Crippen LogP contribution in [0.3, 0.4) is 0 Å². The highest BCUT2D eigenvalue weighted by Crippen LogP contribution is 2.36. The molecule has 1 aromatic carbocycles. The lowest BCUT2D eigenvalue weighted by Gasteiger charge is -2.19. The van der Waals surface area contributed by atoms with Gasteiger partial charge in [0.2, 0.25) is 5.91 Å². The Bertz CT molecular complexity index is 650. The lowest BCUT2D eigenvalue weighted by atomic mass is 10.2. The van der Waals surface area contributed by atoms with Crippen LogP contribution in [0.15, 0.2) is 12.1 Å². The third-order valence-electron chi connectivity index (χ3n) is 2.85. The number of nitrogens with two attached hydrogens (primary N) is 1. The highest BCUT2D eigenvalue weighted by Gasteiger charge is 2.39. The SMILES string of the molecule is Nc1c(Cl)cc(Cl)cc1N1CC(S(=O)(=O)F)CC1=O. The van der Waals surface area contributed by atoms with Crippen LogP contribution >= 0.6 is 23.2 Å². The molecule has 2 rings (SSSR count). The molecule has 1 saturated heterocycles. The molecule has 1 atom stereocenters. The summed E-state index contributed by atoms with van der Waals surface area (Å²) in [5.74, 6) is -0.545. The van der Waals surface area contributed by atoms with Crippen molar-refractivity contribution in [2.24, 2.45) is 0 Å². The smallest absolute Gasteiger partial charge is 0.307 e. The second-order valence-corrected chi connectivity index (χ2v) is 6.59. The van der Waals surface area contributed by atoms with Crippen LogP contribution in [-0.2, 0) is 15.0 Å². The summed E-state index contributed by atoms with van der Waals surface area (Å²) >= 11 is 11.6. The molecule has 0 radical (unpaired) electrons. The van der Waals surface area contributed by atoms with Crippen LogP contribution in [0.2, 0.25) is 10.0 Å². The summed E-state index contributed by atoms with van der Waals surface area (Å²) in [6, 6.07) is 2.78. The van der Waals surface area contributed by atoms with Crippen molar-refractivity contribution < 1.29 is 17.1 Å². The first-order valence-corrected chi connectivity index (χ1v) is 7.38. The molecule has 1 aliphatic rings. The molecule has 0 saturated carbocycles. The largest absolute Gasteiger partial charge is 0.396 e. The van der Waals surface area contributed by atoms with Gasteiger partial charge in [0.1, 0.15) is 5.25 Å². The molecule has 0 aliphatic carbocycles. The number of nitrogen functional groups attached to an aromatic ring is 1. The van der Waals surface area contributed by atoms with Crippen LogP contribution in [0, 0.1) is 0 Å². The van der Waals surface area contributed by atoms with E-state index in [1.54, 1.807) is 0 Å². The number of rotatable bonds is 2. The predicted octanol–water partition coefficient (Wildman–Crippen LogP) is 1.98. The molecule has 0 bridgehead atoms. The first-order chi connectivity index (χ1) is 8.70. The van der Waals surface area contributed by atoms with Crippen molar-refractivity contribution in [1.29, 1.82) is 0 Å². The molecule has 1 aromatic rings. The minimum absolute atomic E-state index is 0.0938. The van der Waals surface area contributed by atoms with Gasteiger partial charge in [0, 0.05) is 18.0 Å². The van der Waals surface area contributed by atoms with Gasteiger partial charge in [-0.25, -0.2) is 0 Å². The molecular weight excluding hydrogens is 318 g/mol. The zero-order valence-electron chi connectivity index (χ0n) is 9.44. The van der Waals surface area contributed by atoms with E-state index in [0.29, 0.717) is 0 Å². The van der Waals surface area contributed by atoms with Gasteiger partial charge in [-0.2, -0.15) is 8.42 Å². The standard InChI is InChI=1S/C10H9Cl2FN2O3S/c11-5-1-7(12)10(14)8(2-5)15-4-6(3-9(15)16)19(13,17)18/h1-2,6H,3-4,14H2. The molecule has 1 heterocycles. The van der Waals surface area contributed by atoms with E-state index in [9.17, 15) is 17.1 Å². The van der Waals surface area contributed by atoms with Gasteiger partial charge in [0.05, 0.1) is 16.4 Å². The van der Waals surface area contributed by atoms with E-state index in [4.69, 9.17) is 28.9 Å². The van der Waals surface area contributed by atoms with Gasteiger partial charge in [-0.15, -0.1) is 3.89 Å². The minimum Gasteiger partial charge on any atom is -0.396 e. The summed E-state index contributed by atoms with van der Waals surface area (Å²) in [6.07, 6.45) is -0.428. The Hall–Kier alpha value is -1.05. The zero-order chi connectivity index (χ0) is 14.4. The first-order valence-electron chi connectivity index (χ1n) is 5.18. The van der Waals surface area contributed by atoms with Crippen molar-refractivity contribution in [3.05, 3.63) is 22.2 Å².